The number of hydrogen-bond acceptors (Lipinski definition) is 4. The normalized spacial score (nSPS) is 17.3. The van der Waals surface area contributed by atoms with Gasteiger partial charge >= 0.3 is 0 Å². The van der Waals surface area contributed by atoms with Gasteiger partial charge < -0.3 is 19.4 Å². The fourth-order valence-corrected chi connectivity index (χ4v) is 3.34. The first-order valence-electron chi connectivity index (χ1n) is 9.07. The molecule has 1 aliphatic heterocycles. The molecular formula is C21H20ClN3O3. The van der Waals surface area contributed by atoms with E-state index in [4.69, 9.17) is 21.1 Å². The molecule has 1 aliphatic rings. The molecule has 0 saturated carbocycles. The number of pyridine rings is 1. The third kappa shape index (κ3) is 4.35. The number of amides is 1. The van der Waals surface area contributed by atoms with Crippen molar-refractivity contribution in [3.8, 4) is 5.75 Å². The summed E-state index contributed by atoms with van der Waals surface area (Å²) in [5, 5.41) is 1.61. The Balaban J connectivity index is 1.35. The van der Waals surface area contributed by atoms with Crippen molar-refractivity contribution < 1.29 is 14.3 Å². The molecule has 1 N–H and O–H groups in total. The number of carbonyl (C=O) groups is 1. The monoisotopic (exact) mass is 397 g/mol. The van der Waals surface area contributed by atoms with E-state index in [9.17, 15) is 4.79 Å². The highest BCUT2D eigenvalue weighted by atomic mass is 35.5. The minimum absolute atomic E-state index is 0.0389. The molecule has 1 fully saturated rings. The minimum atomic E-state index is -0.196. The zero-order chi connectivity index (χ0) is 19.3. The Kier molecular flexibility index (Phi) is 5.60. The Morgan fingerprint density at radius 3 is 3.18 bits per heavy atom. The fraction of sp³-hybridized carbons (Fsp3) is 0.238. The predicted octanol–water partition coefficient (Wildman–Crippen LogP) is 3.54. The maximum absolute atomic E-state index is 12.6. The summed E-state index contributed by atoms with van der Waals surface area (Å²) in [7, 11) is 0. The molecule has 0 aliphatic carbocycles. The van der Waals surface area contributed by atoms with E-state index in [1.54, 1.807) is 29.4 Å². The lowest BCUT2D eigenvalue weighted by atomic mass is 10.1. The lowest BCUT2D eigenvalue weighted by Crippen LogP contribution is -2.47. The molecule has 144 valence electrons. The number of nitrogens with zero attached hydrogens (tertiary/aromatic N) is 2. The minimum Gasteiger partial charge on any atom is -0.489 e. The summed E-state index contributed by atoms with van der Waals surface area (Å²) in [6, 6.07) is 9.70. The summed E-state index contributed by atoms with van der Waals surface area (Å²) in [5.74, 6) is 0.543. The number of nitrogens with one attached hydrogen (secondary N) is 1. The maximum atomic E-state index is 12.6. The molecule has 6 nitrogen and oxygen atoms in total. The Morgan fingerprint density at radius 2 is 2.29 bits per heavy atom. The van der Waals surface area contributed by atoms with E-state index in [1.165, 1.54) is 0 Å². The molecule has 0 bridgehead atoms. The van der Waals surface area contributed by atoms with Gasteiger partial charge in [0.1, 0.15) is 18.5 Å². The molecule has 1 amide bonds. The third-order valence-corrected chi connectivity index (χ3v) is 4.80. The Morgan fingerprint density at radius 1 is 1.39 bits per heavy atom. The quantitative estimate of drug-likeness (QED) is 0.669. The number of aromatic nitrogens is 2. The molecule has 1 saturated heterocycles. The summed E-state index contributed by atoms with van der Waals surface area (Å²) >= 11 is 5.91. The molecule has 1 unspecified atom stereocenters. The van der Waals surface area contributed by atoms with Crippen LogP contribution in [0.2, 0.25) is 5.02 Å². The van der Waals surface area contributed by atoms with Gasteiger partial charge in [-0.25, -0.2) is 0 Å². The average molecular weight is 398 g/mol. The van der Waals surface area contributed by atoms with Crippen LogP contribution in [-0.2, 0) is 9.53 Å². The van der Waals surface area contributed by atoms with E-state index in [-0.39, 0.29) is 12.0 Å². The average Bonchev–Trinajstić information content (AvgIpc) is 3.14. The summed E-state index contributed by atoms with van der Waals surface area (Å²) in [5.41, 5.74) is 2.04. The Labute approximate surface area is 167 Å². The highest BCUT2D eigenvalue weighted by Crippen LogP contribution is 2.19. The van der Waals surface area contributed by atoms with Gasteiger partial charge in [-0.3, -0.25) is 9.78 Å². The van der Waals surface area contributed by atoms with Gasteiger partial charge in [-0.05, 0) is 17.7 Å². The van der Waals surface area contributed by atoms with Crippen LogP contribution in [0.15, 0.2) is 55.0 Å². The second-order valence-corrected chi connectivity index (χ2v) is 6.99. The van der Waals surface area contributed by atoms with Crippen molar-refractivity contribution in [1.82, 2.24) is 14.9 Å². The number of carbonyl (C=O) groups excluding carboxylic acids is 1. The van der Waals surface area contributed by atoms with E-state index in [0.717, 1.165) is 16.5 Å². The first kappa shape index (κ1) is 18.5. The smallest absolute Gasteiger partial charge is 0.246 e. The number of rotatable bonds is 5. The van der Waals surface area contributed by atoms with E-state index < -0.39 is 0 Å². The molecule has 3 heterocycles. The first-order chi connectivity index (χ1) is 13.7. The van der Waals surface area contributed by atoms with E-state index in [2.05, 4.69) is 9.97 Å². The van der Waals surface area contributed by atoms with Crippen LogP contribution in [-0.4, -0.2) is 53.2 Å². The van der Waals surface area contributed by atoms with Crippen molar-refractivity contribution in [3.63, 3.8) is 0 Å². The molecule has 2 aromatic heterocycles. The second-order valence-electron chi connectivity index (χ2n) is 6.55. The highest BCUT2D eigenvalue weighted by Gasteiger charge is 2.23. The summed E-state index contributed by atoms with van der Waals surface area (Å²) < 4.78 is 11.4. The van der Waals surface area contributed by atoms with Crippen LogP contribution >= 0.6 is 11.6 Å². The topological polar surface area (TPSA) is 67.5 Å². The summed E-state index contributed by atoms with van der Waals surface area (Å²) in [6.45, 7) is 1.85. The van der Waals surface area contributed by atoms with Crippen molar-refractivity contribution >= 4 is 34.5 Å². The summed E-state index contributed by atoms with van der Waals surface area (Å²) in [6.07, 6.45) is 8.31. The van der Waals surface area contributed by atoms with Crippen LogP contribution in [0.3, 0.4) is 0 Å². The number of H-pyrrole nitrogens is 1. The molecule has 0 radical (unpaired) electrons. The molecular weight excluding hydrogens is 378 g/mol. The van der Waals surface area contributed by atoms with Gasteiger partial charge in [-0.15, -0.1) is 0 Å². The first-order valence-corrected chi connectivity index (χ1v) is 9.45. The van der Waals surface area contributed by atoms with Crippen LogP contribution in [0.5, 0.6) is 5.75 Å². The third-order valence-electron chi connectivity index (χ3n) is 4.59. The Bertz CT molecular complexity index is 1000. The largest absolute Gasteiger partial charge is 0.489 e. The van der Waals surface area contributed by atoms with Crippen molar-refractivity contribution in [1.29, 1.82) is 0 Å². The van der Waals surface area contributed by atoms with Gasteiger partial charge in [0.2, 0.25) is 5.91 Å². The lowest BCUT2D eigenvalue weighted by Gasteiger charge is -2.32. The van der Waals surface area contributed by atoms with Crippen molar-refractivity contribution in [2.75, 3.05) is 26.3 Å². The molecule has 1 aromatic carbocycles. The van der Waals surface area contributed by atoms with E-state index in [0.29, 0.717) is 37.1 Å². The zero-order valence-electron chi connectivity index (χ0n) is 15.2. The standard InChI is InChI=1S/C21H20ClN3O3/c22-16-9-17(12-23-11-16)28-14-18-13-25(7-8-27-18)21(26)6-5-15-10-24-20-4-2-1-3-19(15)20/h1-6,9-12,18,24H,7-8,13-14H2. The van der Waals surface area contributed by atoms with Gasteiger partial charge in [0.05, 0.1) is 24.4 Å². The van der Waals surface area contributed by atoms with Crippen molar-refractivity contribution in [3.05, 3.63) is 65.6 Å². The number of ether oxygens (including phenoxy) is 2. The zero-order valence-corrected chi connectivity index (χ0v) is 15.9. The number of morpholine rings is 1. The van der Waals surface area contributed by atoms with Crippen molar-refractivity contribution in [2.45, 2.75) is 6.10 Å². The van der Waals surface area contributed by atoms with Gasteiger partial charge in [-0.2, -0.15) is 0 Å². The van der Waals surface area contributed by atoms with E-state index in [1.807, 2.05) is 36.5 Å². The predicted molar refractivity (Wildman–Crippen MR) is 108 cm³/mol. The molecule has 1 atom stereocenters. The van der Waals surface area contributed by atoms with Crippen LogP contribution in [0.25, 0.3) is 17.0 Å². The Hall–Kier alpha value is -2.83. The van der Waals surface area contributed by atoms with Gasteiger partial charge in [-0.1, -0.05) is 29.8 Å². The number of hydrogen-bond donors (Lipinski definition) is 1. The SMILES string of the molecule is O=C(C=Cc1c[nH]c2ccccc12)N1CCOC(COc2cncc(Cl)c2)C1. The van der Waals surface area contributed by atoms with Gasteiger partial charge in [0.25, 0.3) is 0 Å². The van der Waals surface area contributed by atoms with Gasteiger partial charge in [0.15, 0.2) is 0 Å². The maximum Gasteiger partial charge on any atom is 0.246 e. The number of para-hydroxylation sites is 1. The fourth-order valence-electron chi connectivity index (χ4n) is 3.18. The van der Waals surface area contributed by atoms with Crippen molar-refractivity contribution in [2.24, 2.45) is 0 Å². The van der Waals surface area contributed by atoms with Crippen LogP contribution < -0.4 is 4.74 Å². The van der Waals surface area contributed by atoms with Gasteiger partial charge in [0, 0.05) is 42.0 Å². The second kappa shape index (κ2) is 8.46. The molecule has 0 spiro atoms. The molecule has 4 rings (SSSR count). The van der Waals surface area contributed by atoms with Crippen LogP contribution in [0, 0.1) is 0 Å². The van der Waals surface area contributed by atoms with E-state index >= 15 is 0 Å². The summed E-state index contributed by atoms with van der Waals surface area (Å²) in [4.78, 5) is 21.6. The van der Waals surface area contributed by atoms with Crippen LogP contribution in [0.1, 0.15) is 5.56 Å². The number of halogens is 1. The lowest BCUT2D eigenvalue weighted by molar-refractivity contribution is -0.134. The molecule has 7 heteroatoms. The number of fused-ring (bicyclic) bond motifs is 1. The molecule has 28 heavy (non-hydrogen) atoms. The highest BCUT2D eigenvalue weighted by molar-refractivity contribution is 6.30. The molecule has 3 aromatic rings. The van der Waals surface area contributed by atoms with Crippen LogP contribution in [0.4, 0.5) is 0 Å². The number of aromatic amines is 1. The number of benzene rings is 1.